The number of aryl methyl sites for hydroxylation is 1. The van der Waals surface area contributed by atoms with Crippen LogP contribution in [0.2, 0.25) is 0 Å². The van der Waals surface area contributed by atoms with Gasteiger partial charge in [0.05, 0.1) is 5.88 Å². The van der Waals surface area contributed by atoms with E-state index in [1.54, 1.807) is 6.07 Å². The molecule has 0 aromatic heterocycles. The third kappa shape index (κ3) is 3.22. The molecule has 1 aromatic rings. The van der Waals surface area contributed by atoms with Gasteiger partial charge in [-0.15, -0.1) is 11.6 Å². The van der Waals surface area contributed by atoms with Crippen LogP contribution in [-0.4, -0.2) is 25.1 Å². The van der Waals surface area contributed by atoms with Crippen molar-refractivity contribution in [1.29, 1.82) is 0 Å². The van der Waals surface area contributed by atoms with E-state index in [4.69, 9.17) is 16.3 Å². The maximum Gasteiger partial charge on any atom is 0.253 e. The Morgan fingerprint density at radius 1 is 1.53 bits per heavy atom. The van der Waals surface area contributed by atoms with E-state index in [9.17, 15) is 4.79 Å². The molecule has 1 atom stereocenters. The van der Waals surface area contributed by atoms with Crippen LogP contribution in [0.4, 0.5) is 0 Å². The van der Waals surface area contributed by atoms with Crippen LogP contribution in [0.15, 0.2) is 24.3 Å². The van der Waals surface area contributed by atoms with Crippen LogP contribution in [-0.2, 0) is 4.74 Å². The predicted octanol–water partition coefficient (Wildman–Crippen LogP) is 1.94. The average molecular weight is 228 g/mol. The van der Waals surface area contributed by atoms with Crippen molar-refractivity contribution in [3.8, 4) is 0 Å². The Morgan fingerprint density at radius 2 is 2.20 bits per heavy atom. The SMILES string of the molecule is COC(CCl)NC(=O)c1ccccc1C. The number of benzene rings is 1. The fourth-order valence-electron chi connectivity index (χ4n) is 1.21. The molecule has 4 heteroatoms. The first-order valence-corrected chi connectivity index (χ1v) is 5.17. The summed E-state index contributed by atoms with van der Waals surface area (Å²) in [6, 6.07) is 7.37. The number of nitrogens with one attached hydrogen (secondary N) is 1. The minimum Gasteiger partial charge on any atom is -0.360 e. The molecular formula is C11H14ClNO2. The van der Waals surface area contributed by atoms with E-state index in [0.29, 0.717) is 5.56 Å². The van der Waals surface area contributed by atoms with Crippen LogP contribution in [0.1, 0.15) is 15.9 Å². The first kappa shape index (κ1) is 12.0. The van der Waals surface area contributed by atoms with Gasteiger partial charge in [0.25, 0.3) is 5.91 Å². The second-order valence-corrected chi connectivity index (χ2v) is 3.48. The van der Waals surface area contributed by atoms with E-state index in [1.807, 2.05) is 25.1 Å². The summed E-state index contributed by atoms with van der Waals surface area (Å²) < 4.78 is 4.97. The number of amides is 1. The van der Waals surface area contributed by atoms with Crippen molar-refractivity contribution < 1.29 is 9.53 Å². The molecule has 1 amide bonds. The normalized spacial score (nSPS) is 12.2. The smallest absolute Gasteiger partial charge is 0.253 e. The average Bonchev–Trinajstić information content (AvgIpc) is 2.26. The largest absolute Gasteiger partial charge is 0.360 e. The summed E-state index contributed by atoms with van der Waals surface area (Å²) in [5.41, 5.74) is 1.57. The van der Waals surface area contributed by atoms with Crippen LogP contribution in [0, 0.1) is 6.92 Å². The monoisotopic (exact) mass is 227 g/mol. The molecule has 0 saturated heterocycles. The Labute approximate surface area is 94.4 Å². The molecule has 15 heavy (non-hydrogen) atoms. The molecule has 0 bridgehead atoms. The van der Waals surface area contributed by atoms with E-state index < -0.39 is 6.23 Å². The first-order chi connectivity index (χ1) is 7.19. The zero-order valence-electron chi connectivity index (χ0n) is 8.79. The molecule has 3 nitrogen and oxygen atoms in total. The highest BCUT2D eigenvalue weighted by atomic mass is 35.5. The Hall–Kier alpha value is -1.06. The summed E-state index contributed by atoms with van der Waals surface area (Å²) in [5.74, 6) is 0.0642. The van der Waals surface area contributed by atoms with E-state index >= 15 is 0 Å². The zero-order chi connectivity index (χ0) is 11.3. The van der Waals surface area contributed by atoms with E-state index in [-0.39, 0.29) is 11.8 Å². The number of halogens is 1. The van der Waals surface area contributed by atoms with Gasteiger partial charge < -0.3 is 10.1 Å². The predicted molar refractivity (Wildman–Crippen MR) is 60.2 cm³/mol. The van der Waals surface area contributed by atoms with Crippen LogP contribution < -0.4 is 5.32 Å². The fourth-order valence-corrected chi connectivity index (χ4v) is 1.42. The second kappa shape index (κ2) is 5.73. The number of alkyl halides is 1. The lowest BCUT2D eigenvalue weighted by molar-refractivity contribution is 0.0670. The fraction of sp³-hybridized carbons (Fsp3) is 0.364. The summed E-state index contributed by atoms with van der Waals surface area (Å²) in [7, 11) is 1.51. The molecular weight excluding hydrogens is 214 g/mol. The third-order valence-electron chi connectivity index (χ3n) is 2.11. The highest BCUT2D eigenvalue weighted by Gasteiger charge is 2.12. The molecule has 1 aromatic carbocycles. The Kier molecular flexibility index (Phi) is 4.59. The minimum atomic E-state index is -0.446. The van der Waals surface area contributed by atoms with Gasteiger partial charge in [0.1, 0.15) is 6.23 Å². The standard InChI is InChI=1S/C11H14ClNO2/c1-8-5-3-4-6-9(8)11(14)13-10(7-12)15-2/h3-6,10H,7H2,1-2H3,(H,13,14). The van der Waals surface area contributed by atoms with Crippen molar-refractivity contribution >= 4 is 17.5 Å². The van der Waals surface area contributed by atoms with Crippen molar-refractivity contribution in [3.05, 3.63) is 35.4 Å². The van der Waals surface area contributed by atoms with Crippen LogP contribution in [0.3, 0.4) is 0 Å². The molecule has 0 saturated carbocycles. The summed E-state index contributed by atoms with van der Waals surface area (Å²) in [5, 5.41) is 2.68. The summed E-state index contributed by atoms with van der Waals surface area (Å²) in [6.45, 7) is 1.89. The van der Waals surface area contributed by atoms with Gasteiger partial charge in [0, 0.05) is 12.7 Å². The van der Waals surface area contributed by atoms with Gasteiger partial charge in [0.15, 0.2) is 0 Å². The topological polar surface area (TPSA) is 38.3 Å². The van der Waals surface area contributed by atoms with Crippen molar-refractivity contribution in [2.45, 2.75) is 13.2 Å². The number of ether oxygens (including phenoxy) is 1. The highest BCUT2D eigenvalue weighted by molar-refractivity contribution is 6.18. The van der Waals surface area contributed by atoms with Crippen molar-refractivity contribution in [2.24, 2.45) is 0 Å². The Balaban J connectivity index is 2.73. The van der Waals surface area contributed by atoms with Gasteiger partial charge in [-0.2, -0.15) is 0 Å². The molecule has 0 aliphatic carbocycles. The third-order valence-corrected chi connectivity index (χ3v) is 2.39. The molecule has 0 spiro atoms. The lowest BCUT2D eigenvalue weighted by atomic mass is 10.1. The first-order valence-electron chi connectivity index (χ1n) is 4.64. The van der Waals surface area contributed by atoms with Gasteiger partial charge >= 0.3 is 0 Å². The number of hydrogen-bond donors (Lipinski definition) is 1. The van der Waals surface area contributed by atoms with Crippen molar-refractivity contribution in [2.75, 3.05) is 13.0 Å². The lowest BCUT2D eigenvalue weighted by Crippen LogP contribution is -2.37. The molecule has 1 N–H and O–H groups in total. The van der Waals surface area contributed by atoms with Gasteiger partial charge in [0.2, 0.25) is 0 Å². The zero-order valence-corrected chi connectivity index (χ0v) is 9.54. The van der Waals surface area contributed by atoms with Gasteiger partial charge in [-0.25, -0.2) is 0 Å². The molecule has 0 aliphatic heterocycles. The van der Waals surface area contributed by atoms with Gasteiger partial charge in [-0.05, 0) is 18.6 Å². The summed E-state index contributed by atoms with van der Waals surface area (Å²) >= 11 is 5.60. The van der Waals surface area contributed by atoms with E-state index in [1.165, 1.54) is 7.11 Å². The molecule has 82 valence electrons. The summed E-state index contributed by atoms with van der Waals surface area (Å²) in [6.07, 6.45) is -0.446. The Bertz CT molecular complexity index is 337. The van der Waals surface area contributed by atoms with Crippen LogP contribution >= 0.6 is 11.6 Å². The molecule has 0 aliphatic rings. The van der Waals surface area contributed by atoms with E-state index in [2.05, 4.69) is 5.32 Å². The number of methoxy groups -OCH3 is 1. The van der Waals surface area contributed by atoms with Crippen molar-refractivity contribution in [3.63, 3.8) is 0 Å². The van der Waals surface area contributed by atoms with Crippen LogP contribution in [0.25, 0.3) is 0 Å². The number of carbonyl (C=O) groups is 1. The summed E-state index contributed by atoms with van der Waals surface area (Å²) in [4.78, 5) is 11.7. The quantitative estimate of drug-likeness (QED) is 0.631. The molecule has 1 unspecified atom stereocenters. The molecule has 0 heterocycles. The highest BCUT2D eigenvalue weighted by Crippen LogP contribution is 2.07. The molecule has 0 fully saturated rings. The maximum atomic E-state index is 11.7. The maximum absolute atomic E-state index is 11.7. The number of hydrogen-bond acceptors (Lipinski definition) is 2. The van der Waals surface area contributed by atoms with E-state index in [0.717, 1.165) is 5.56 Å². The number of carbonyl (C=O) groups excluding carboxylic acids is 1. The van der Waals surface area contributed by atoms with Crippen molar-refractivity contribution in [1.82, 2.24) is 5.32 Å². The van der Waals surface area contributed by atoms with Crippen LogP contribution in [0.5, 0.6) is 0 Å². The second-order valence-electron chi connectivity index (χ2n) is 3.17. The minimum absolute atomic E-state index is 0.166. The van der Waals surface area contributed by atoms with Gasteiger partial charge in [-0.3, -0.25) is 4.79 Å². The molecule has 1 rings (SSSR count). The Morgan fingerprint density at radius 3 is 2.73 bits per heavy atom. The number of rotatable bonds is 4. The molecule has 0 radical (unpaired) electrons. The van der Waals surface area contributed by atoms with Gasteiger partial charge in [-0.1, -0.05) is 18.2 Å². The lowest BCUT2D eigenvalue weighted by Gasteiger charge is -2.14.